The number of hydrogen-bond donors (Lipinski definition) is 3. The molecule has 3 atom stereocenters. The molecule has 1 amide bonds. The summed E-state index contributed by atoms with van der Waals surface area (Å²) < 4.78 is 10.6. The number of nitrogens with zero attached hydrogens (tertiary/aromatic N) is 1. The molecule has 1 heterocycles. The molecule has 0 saturated carbocycles. The van der Waals surface area contributed by atoms with Gasteiger partial charge in [-0.15, -0.1) is 0 Å². The molecular weight excluding hydrogens is 550 g/mol. The third kappa shape index (κ3) is 6.26. The average molecular weight is 578 g/mol. The minimum atomic E-state index is -1.95. The lowest BCUT2D eigenvalue weighted by Gasteiger charge is -2.45. The van der Waals surface area contributed by atoms with E-state index >= 15 is 0 Å². The van der Waals surface area contributed by atoms with Crippen molar-refractivity contribution in [3.63, 3.8) is 0 Å². The Morgan fingerprint density at radius 2 is 1.85 bits per heavy atom. The summed E-state index contributed by atoms with van der Waals surface area (Å²) in [5.74, 6) is -2.60. The highest BCUT2D eigenvalue weighted by Gasteiger charge is 2.54. The van der Waals surface area contributed by atoms with Crippen LogP contribution in [0.5, 0.6) is 5.75 Å². The smallest absolute Gasteiger partial charge is 0.315 e. The number of nitriles is 1. The first kappa shape index (κ1) is 29.0. The van der Waals surface area contributed by atoms with Crippen molar-refractivity contribution in [2.75, 3.05) is 24.8 Å². The topological polar surface area (TPSA) is 121 Å². The van der Waals surface area contributed by atoms with Gasteiger partial charge < -0.3 is 25.2 Å². The lowest BCUT2D eigenvalue weighted by molar-refractivity contribution is -0.164. The monoisotopic (exact) mass is 577 g/mol. The molecule has 1 aliphatic heterocycles. The van der Waals surface area contributed by atoms with Crippen molar-refractivity contribution in [3.8, 4) is 11.8 Å². The van der Waals surface area contributed by atoms with E-state index in [0.717, 1.165) is 11.8 Å². The van der Waals surface area contributed by atoms with E-state index in [0.29, 0.717) is 27.6 Å². The molecule has 3 aromatic rings. The van der Waals surface area contributed by atoms with Gasteiger partial charge in [-0.3, -0.25) is 9.59 Å². The van der Waals surface area contributed by atoms with E-state index in [-0.39, 0.29) is 28.9 Å². The summed E-state index contributed by atoms with van der Waals surface area (Å²) in [6.07, 6.45) is 0. The predicted octanol–water partition coefficient (Wildman–Crippen LogP) is 5.17. The highest BCUT2D eigenvalue weighted by atomic mass is 35.5. The van der Waals surface area contributed by atoms with Gasteiger partial charge in [-0.25, -0.2) is 0 Å². The summed E-state index contributed by atoms with van der Waals surface area (Å²) in [5, 5.41) is 29.2. The molecule has 0 aromatic heterocycles. The number of nitrogens with one attached hydrogen (secondary N) is 2. The average Bonchev–Trinajstić information content (AvgIpc) is 2.96. The minimum Gasteiger partial charge on any atom is -0.497 e. The van der Waals surface area contributed by atoms with Crippen molar-refractivity contribution in [1.82, 2.24) is 5.32 Å². The van der Waals surface area contributed by atoms with E-state index < -0.39 is 23.5 Å². The van der Waals surface area contributed by atoms with Crippen molar-refractivity contribution in [2.45, 2.75) is 18.6 Å². The number of thioether (sulfide) groups is 1. The standard InChI is InChI=1S/C30H28ClN3O5S/c1-3-39-29(36)27-26(19-12-14-21(31)15-13-19)24(17-32)28(34-30(27,37)20-8-5-4-6-9-20)40-18-25(35)33-22-10-7-11-23(16-22)38-2/h4-16,26-27,34,37H,3,18H2,1-2H3,(H,33,35)/t26-,27+,30-/m0/s1. The maximum atomic E-state index is 13.5. The Hall–Kier alpha value is -3.97. The first-order valence-electron chi connectivity index (χ1n) is 12.5. The zero-order chi connectivity index (χ0) is 28.7. The van der Waals surface area contributed by atoms with Gasteiger partial charge in [0.15, 0.2) is 5.72 Å². The Balaban J connectivity index is 1.76. The van der Waals surface area contributed by atoms with E-state index in [9.17, 15) is 20.0 Å². The van der Waals surface area contributed by atoms with E-state index in [4.69, 9.17) is 21.1 Å². The Kier molecular flexibility index (Phi) is 9.38. The largest absolute Gasteiger partial charge is 0.497 e. The van der Waals surface area contributed by atoms with Crippen LogP contribution in [0.2, 0.25) is 5.02 Å². The van der Waals surface area contributed by atoms with Gasteiger partial charge in [-0.1, -0.05) is 71.9 Å². The molecular formula is C30H28ClN3O5S. The molecule has 4 rings (SSSR count). The van der Waals surface area contributed by atoms with Gasteiger partial charge in [-0.2, -0.15) is 5.26 Å². The normalized spacial score (nSPS) is 20.2. The maximum Gasteiger partial charge on any atom is 0.315 e. The van der Waals surface area contributed by atoms with Crippen LogP contribution >= 0.6 is 23.4 Å². The van der Waals surface area contributed by atoms with Crippen LogP contribution in [-0.2, 0) is 20.1 Å². The number of methoxy groups -OCH3 is 1. The number of carbonyl (C=O) groups is 2. The number of esters is 1. The second kappa shape index (κ2) is 12.9. The van der Waals surface area contributed by atoms with Crippen molar-refractivity contribution in [3.05, 3.63) is 106 Å². The molecule has 206 valence electrons. The van der Waals surface area contributed by atoms with Crippen LogP contribution in [0.3, 0.4) is 0 Å². The molecule has 0 unspecified atom stereocenters. The van der Waals surface area contributed by atoms with Crippen LogP contribution in [-0.4, -0.2) is 36.5 Å². The van der Waals surface area contributed by atoms with Crippen LogP contribution in [0.1, 0.15) is 24.0 Å². The zero-order valence-corrected chi connectivity index (χ0v) is 23.5. The van der Waals surface area contributed by atoms with Gasteiger partial charge in [0.25, 0.3) is 0 Å². The van der Waals surface area contributed by atoms with Gasteiger partial charge in [0.2, 0.25) is 5.91 Å². The minimum absolute atomic E-state index is 0.0764. The van der Waals surface area contributed by atoms with Crippen LogP contribution in [0.25, 0.3) is 0 Å². The summed E-state index contributed by atoms with van der Waals surface area (Å²) in [7, 11) is 1.54. The quantitative estimate of drug-likeness (QED) is 0.298. The number of carbonyl (C=O) groups excluding carboxylic acids is 2. The third-order valence-electron chi connectivity index (χ3n) is 6.45. The number of amides is 1. The molecule has 3 N–H and O–H groups in total. The van der Waals surface area contributed by atoms with E-state index in [1.54, 1.807) is 85.8 Å². The fourth-order valence-electron chi connectivity index (χ4n) is 4.65. The van der Waals surface area contributed by atoms with Crippen LogP contribution < -0.4 is 15.4 Å². The SMILES string of the molecule is CCOC(=O)[C@H]1[C@@H](c2ccc(Cl)cc2)C(C#N)=C(SCC(=O)Nc2cccc(OC)c2)N[C@]1(O)c1ccccc1. The molecule has 0 spiro atoms. The number of rotatable bonds is 9. The van der Waals surface area contributed by atoms with E-state index in [1.807, 2.05) is 0 Å². The number of hydrogen-bond acceptors (Lipinski definition) is 8. The van der Waals surface area contributed by atoms with Gasteiger partial charge in [0.1, 0.15) is 11.7 Å². The lowest BCUT2D eigenvalue weighted by atomic mass is 9.71. The Morgan fingerprint density at radius 3 is 2.50 bits per heavy atom. The Morgan fingerprint density at radius 1 is 1.12 bits per heavy atom. The van der Waals surface area contributed by atoms with Crippen molar-refractivity contribution >= 4 is 40.9 Å². The van der Waals surface area contributed by atoms with Crippen LogP contribution in [0.4, 0.5) is 5.69 Å². The number of anilines is 1. The molecule has 0 fully saturated rings. The van der Waals surface area contributed by atoms with Gasteiger partial charge >= 0.3 is 5.97 Å². The summed E-state index contributed by atoms with van der Waals surface area (Å²) in [6.45, 7) is 1.77. The molecule has 0 saturated heterocycles. The predicted molar refractivity (Wildman–Crippen MR) is 155 cm³/mol. The molecule has 40 heavy (non-hydrogen) atoms. The van der Waals surface area contributed by atoms with Crippen LogP contribution in [0.15, 0.2) is 89.5 Å². The van der Waals surface area contributed by atoms with Gasteiger partial charge in [0.05, 0.1) is 36.1 Å². The Labute approximate surface area is 241 Å². The fraction of sp³-hybridized carbons (Fsp3) is 0.233. The number of benzene rings is 3. The zero-order valence-electron chi connectivity index (χ0n) is 21.9. The number of ether oxygens (including phenoxy) is 2. The highest BCUT2D eigenvalue weighted by Crippen LogP contribution is 2.49. The van der Waals surface area contributed by atoms with Crippen molar-refractivity contribution in [1.29, 1.82) is 5.26 Å². The maximum absolute atomic E-state index is 13.5. The Bertz CT molecular complexity index is 1440. The molecule has 0 bridgehead atoms. The first-order chi connectivity index (χ1) is 19.3. The number of allylic oxidation sites excluding steroid dienone is 1. The molecule has 0 aliphatic carbocycles. The highest BCUT2D eigenvalue weighted by molar-refractivity contribution is 8.03. The summed E-state index contributed by atoms with van der Waals surface area (Å²) in [6, 6.07) is 24.6. The van der Waals surface area contributed by atoms with Gasteiger partial charge in [0, 0.05) is 28.3 Å². The second-order valence-electron chi connectivity index (χ2n) is 8.94. The fourth-order valence-corrected chi connectivity index (χ4v) is 5.68. The summed E-state index contributed by atoms with van der Waals surface area (Å²) >= 11 is 7.19. The number of aliphatic hydroxyl groups is 1. The molecule has 10 heteroatoms. The van der Waals surface area contributed by atoms with Crippen molar-refractivity contribution < 1.29 is 24.2 Å². The molecule has 0 radical (unpaired) electrons. The first-order valence-corrected chi connectivity index (χ1v) is 13.9. The molecule has 1 aliphatic rings. The van der Waals surface area contributed by atoms with E-state index in [2.05, 4.69) is 16.7 Å². The third-order valence-corrected chi connectivity index (χ3v) is 7.72. The molecule has 3 aromatic carbocycles. The number of halogens is 1. The van der Waals surface area contributed by atoms with Crippen molar-refractivity contribution in [2.24, 2.45) is 5.92 Å². The van der Waals surface area contributed by atoms with E-state index in [1.165, 1.54) is 7.11 Å². The van der Waals surface area contributed by atoms with Crippen LogP contribution in [0, 0.1) is 17.2 Å². The lowest BCUT2D eigenvalue weighted by Crippen LogP contribution is -2.56. The summed E-state index contributed by atoms with van der Waals surface area (Å²) in [5.41, 5.74) is -0.209. The van der Waals surface area contributed by atoms with Gasteiger partial charge in [-0.05, 0) is 36.8 Å². The summed E-state index contributed by atoms with van der Waals surface area (Å²) in [4.78, 5) is 26.3. The second-order valence-corrected chi connectivity index (χ2v) is 10.4. The molecule has 8 nitrogen and oxygen atoms in total.